The number of aliphatic hydroxyl groups is 22. The highest BCUT2D eigenvalue weighted by atomic mass is 32.1. The van der Waals surface area contributed by atoms with E-state index in [1.807, 2.05) is 0 Å². The van der Waals surface area contributed by atoms with Crippen molar-refractivity contribution in [1.29, 1.82) is 0 Å². The van der Waals surface area contributed by atoms with Crippen LogP contribution in [0.25, 0.3) is 0 Å². The van der Waals surface area contributed by atoms with Crippen molar-refractivity contribution in [1.82, 2.24) is 69.1 Å². The van der Waals surface area contributed by atoms with E-state index in [1.54, 1.807) is 0 Å². The predicted octanol–water partition coefficient (Wildman–Crippen LogP) is -19.4. The third kappa shape index (κ3) is 20.1. The van der Waals surface area contributed by atoms with E-state index in [4.69, 9.17) is 106 Å². The van der Waals surface area contributed by atoms with Crippen molar-refractivity contribution < 1.29 is 150 Å². The Bertz CT molecular complexity index is 2720. The molecule has 0 aromatic rings. The Morgan fingerprint density at radius 1 is 0.253 bits per heavy atom. The Kier molecular flexibility index (Phi) is 30.9. The lowest BCUT2D eigenvalue weighted by Crippen LogP contribution is -2.73. The van der Waals surface area contributed by atoms with Crippen LogP contribution in [0.2, 0.25) is 0 Å². The van der Waals surface area contributed by atoms with Crippen LogP contribution in [0.4, 0.5) is 0 Å². The first kappa shape index (κ1) is 82.7. The number of nitrogens with one attached hydrogen (secondary N) is 13. The summed E-state index contributed by atoms with van der Waals surface area (Å²) in [6, 6.07) is -6.42. The Labute approximate surface area is 593 Å². The number of hydrogen-bond acceptors (Lipinski definition) is 36. The Hall–Kier alpha value is -3.55. The van der Waals surface area contributed by atoms with Crippen molar-refractivity contribution in [3.63, 3.8) is 0 Å². The molecular weight excluding hydrogens is 1460 g/mol. The molecule has 43 nitrogen and oxygen atoms in total. The number of aliphatic hydroxyl groups excluding tert-OH is 22. The van der Waals surface area contributed by atoms with Crippen LogP contribution in [0.3, 0.4) is 0 Å². The number of amides is 1. The summed E-state index contributed by atoms with van der Waals surface area (Å²) in [5.41, 5.74) is 0. The number of ether oxygens (including phenoxy) is 7. The highest BCUT2D eigenvalue weighted by Gasteiger charge is 2.53. The molecule has 7 fully saturated rings. The molecule has 0 aromatic heterocycles. The van der Waals surface area contributed by atoms with E-state index in [2.05, 4.69) is 69.1 Å². The van der Waals surface area contributed by atoms with Crippen molar-refractivity contribution in [3.8, 4) is 0 Å². The number of hydrogen-bond donors (Lipinski definition) is 35. The molecular formula is C50H87N13O30S6. The van der Waals surface area contributed by atoms with Crippen LogP contribution in [-0.4, -0.2) is 409 Å². The molecule has 1 amide bonds. The Morgan fingerprint density at radius 3 is 0.677 bits per heavy atom. The monoisotopic (exact) mass is 1540 g/mol. The average Bonchev–Trinajstić information content (AvgIpc) is 0.795. The molecule has 0 aromatic carbocycles. The van der Waals surface area contributed by atoms with Crippen LogP contribution in [-0.2, 0) is 38.0 Å². The molecule has 7 rings (SSSR count). The van der Waals surface area contributed by atoms with Gasteiger partial charge in [-0.25, -0.2) is 0 Å². The first-order valence-corrected chi connectivity index (χ1v) is 33.0. The van der Waals surface area contributed by atoms with Gasteiger partial charge in [0.15, 0.2) is 74.3 Å². The van der Waals surface area contributed by atoms with Gasteiger partial charge in [0.05, 0.1) is 57.2 Å². The van der Waals surface area contributed by atoms with E-state index in [0.717, 1.165) is 6.92 Å². The summed E-state index contributed by atoms with van der Waals surface area (Å²) in [4.78, 5) is 11.9. The maximum atomic E-state index is 11.9. The van der Waals surface area contributed by atoms with Gasteiger partial charge < -0.3 is 215 Å². The number of carbonyl (C=O) groups is 1. The molecule has 7 aliphatic heterocycles. The van der Waals surface area contributed by atoms with Gasteiger partial charge >= 0.3 is 0 Å². The minimum atomic E-state index is -1.96. The van der Waals surface area contributed by atoms with Crippen LogP contribution in [0.15, 0.2) is 0 Å². The fourth-order valence-corrected chi connectivity index (χ4v) is 13.0. The van der Waals surface area contributed by atoms with E-state index in [1.165, 1.54) is 0 Å². The first-order chi connectivity index (χ1) is 46.7. The molecule has 0 bridgehead atoms. The van der Waals surface area contributed by atoms with Crippen molar-refractivity contribution in [2.75, 3.05) is 46.1 Å². The zero-order chi connectivity index (χ0) is 73.3. The second kappa shape index (κ2) is 36.9. The van der Waals surface area contributed by atoms with Gasteiger partial charge in [-0.1, -0.05) is 0 Å². The molecule has 0 spiro atoms. The molecule has 99 heavy (non-hydrogen) atoms. The lowest BCUT2D eigenvalue weighted by Gasteiger charge is -2.46. The van der Waals surface area contributed by atoms with Crippen LogP contribution >= 0.6 is 73.3 Å². The largest absolute Gasteiger partial charge is 0.394 e. The fourth-order valence-electron chi connectivity index (χ4n) is 11.6. The molecule has 49 heteroatoms. The third-order valence-electron chi connectivity index (χ3n) is 17.1. The third-order valence-corrected chi connectivity index (χ3v) is 18.6. The molecule has 0 saturated carbocycles. The average molecular weight is 1540 g/mol. The minimum absolute atomic E-state index is 0.320. The first-order valence-electron chi connectivity index (χ1n) is 30.5. The maximum Gasteiger partial charge on any atom is 0.218 e. The molecule has 0 aliphatic carbocycles. The topological polar surface area (TPSA) is 683 Å². The van der Waals surface area contributed by atoms with Crippen LogP contribution in [0.1, 0.15) is 6.92 Å². The normalized spacial score (nSPS) is 43.9. The summed E-state index contributed by atoms with van der Waals surface area (Å²) in [5, 5.41) is 267. The maximum absolute atomic E-state index is 11.9. The summed E-state index contributed by atoms with van der Waals surface area (Å²) in [6.45, 7) is -3.93. The Balaban J connectivity index is 1.05. The van der Waals surface area contributed by atoms with Gasteiger partial charge in [-0.15, -0.1) is 0 Å². The van der Waals surface area contributed by atoms with Gasteiger partial charge in [0.25, 0.3) is 0 Å². The molecule has 0 unspecified atom stereocenters. The van der Waals surface area contributed by atoms with Gasteiger partial charge in [-0.05, 0) is 73.3 Å². The zero-order valence-corrected chi connectivity index (χ0v) is 56.6. The van der Waals surface area contributed by atoms with Gasteiger partial charge in [0, 0.05) is 20.0 Å². The molecule has 7 aliphatic rings. The fraction of sp³-hybridized carbons (Fsp3) is 0.860. The summed E-state index contributed by atoms with van der Waals surface area (Å²) >= 11 is 32.8. The van der Waals surface area contributed by atoms with Crippen LogP contribution < -0.4 is 69.1 Å². The van der Waals surface area contributed by atoms with E-state index < -0.39 is 287 Å². The number of thiocarbonyl (C=S) groups is 6. The molecule has 35 N–H and O–H groups in total. The quantitative estimate of drug-likeness (QED) is 0.0503. The molecule has 7 heterocycles. The van der Waals surface area contributed by atoms with Crippen molar-refractivity contribution in [2.24, 2.45) is 0 Å². The van der Waals surface area contributed by atoms with E-state index >= 15 is 0 Å². The second-order valence-corrected chi connectivity index (χ2v) is 26.4. The van der Waals surface area contributed by atoms with Gasteiger partial charge in [0.1, 0.15) is 146 Å². The highest BCUT2D eigenvalue weighted by molar-refractivity contribution is 7.81. The van der Waals surface area contributed by atoms with Crippen LogP contribution in [0.5, 0.6) is 0 Å². The van der Waals surface area contributed by atoms with Gasteiger partial charge in [-0.2, -0.15) is 0 Å². The SMILES string of the molecule is CC(=O)N[C@@H]1O[C@H](CO)[C@@H](O)[C@H](NC(=S)N[C@@H]2O[C@H](CNC(=S)N[C@@H]3O[C@H](CO)[C@@H](O)[C@H](O)[C@H]3O)[C@@H](O)[C@H](NC(=S)N[C@@H]3O[C@H](CO)[C@@H](O)[C@H](NC(=S)N[C@@H]4O[C@H](CNC(=S)N[C@@H]5O[C@H](CO)[C@@H](O)[C@H](O)[C@H]5O)[C@@H](O)[C@H](NC(=S)N[C@@H]5O[C@H](CO)[C@@H](O)[C@H](O)[C@H]5O)[C@H]4O)[C@H]3O)[C@H]2O)[C@H]1O. The van der Waals surface area contributed by atoms with Gasteiger partial charge in [0.2, 0.25) is 5.91 Å². The van der Waals surface area contributed by atoms with E-state index in [9.17, 15) is 117 Å². The van der Waals surface area contributed by atoms with Gasteiger partial charge in [-0.3, -0.25) is 4.79 Å². The zero-order valence-electron chi connectivity index (χ0n) is 51.7. The Morgan fingerprint density at radius 2 is 0.444 bits per heavy atom. The summed E-state index contributed by atoms with van der Waals surface area (Å²) in [6.07, 6.45) is -52.0. The second-order valence-electron chi connectivity index (χ2n) is 23.9. The van der Waals surface area contributed by atoms with Crippen molar-refractivity contribution in [3.05, 3.63) is 0 Å². The molecule has 7 saturated heterocycles. The molecule has 35 atom stereocenters. The molecule has 568 valence electrons. The molecule has 0 radical (unpaired) electrons. The standard InChI is InChI=1S/C50H87N13O30S6/c1-9(69)53-38-28(77)19(23(72)12(4-64)89-38)56-48(97)60-39-29(78)17(21(70)10(87-39)2-51-45(94)58-42-35(84)32(81)25(74)14(6-66)91-42)54-47(96)62-41-31(80)20(24(73)13(5-65)90-41)57-49(98)61-40-30(79)18(55-50(99)63-44-37(86)34(83)27(76)16(8-68)93-44)22(71)11(88-40)3-52-46(95)59-43-36(85)33(82)26(75)15(7-67)92-43/h10-44,64-68,70-86H,2-8H2,1H3,(H,53,69)(H2,51,58,94)(H2,52,59,95)(H2,54,62,96)(H2,55,63,99)(H2,56,60,97)(H2,57,61,98)/t10-,11-,12-,13-,14-,15-,16-,17+,18+,19+,20+,21-,22-,23-,24-,25-,26-,27-,28-,29-,30-,31-,32+,33+,34+,35-,36-,37-,38-,39-,40-,41-,42-,43-,44-/m1/s1. The summed E-state index contributed by atoms with van der Waals surface area (Å²) in [5.74, 6) is -0.653. The minimum Gasteiger partial charge on any atom is -0.394 e. The predicted molar refractivity (Wildman–Crippen MR) is 350 cm³/mol. The lowest BCUT2D eigenvalue weighted by atomic mass is 9.94. The van der Waals surface area contributed by atoms with E-state index in [-0.39, 0.29) is 10.2 Å². The van der Waals surface area contributed by atoms with E-state index in [0.29, 0.717) is 0 Å². The summed E-state index contributed by atoms with van der Waals surface area (Å²) < 4.78 is 39.7. The lowest BCUT2D eigenvalue weighted by molar-refractivity contribution is -0.232. The number of rotatable bonds is 20. The van der Waals surface area contributed by atoms with Crippen LogP contribution in [0, 0.1) is 0 Å². The highest BCUT2D eigenvalue weighted by Crippen LogP contribution is 2.28. The van der Waals surface area contributed by atoms with Crippen molar-refractivity contribution in [2.45, 2.75) is 221 Å². The summed E-state index contributed by atoms with van der Waals surface area (Å²) in [7, 11) is 0. The van der Waals surface area contributed by atoms with Crippen molar-refractivity contribution >= 4 is 110 Å². The number of carbonyl (C=O) groups excluding carboxylic acids is 1. The smallest absolute Gasteiger partial charge is 0.218 e.